The van der Waals surface area contributed by atoms with Crippen LogP contribution in [0.15, 0.2) is 60.7 Å². The molecule has 0 saturated heterocycles. The molecule has 0 aliphatic rings. The minimum atomic E-state index is -0.435. The molecule has 3 rings (SSSR count). The van der Waals surface area contributed by atoms with Crippen LogP contribution in [0.5, 0.6) is 5.75 Å². The van der Waals surface area contributed by atoms with Gasteiger partial charge in [-0.2, -0.15) is 0 Å². The van der Waals surface area contributed by atoms with Crippen molar-refractivity contribution in [3.8, 4) is 5.75 Å². The molecule has 6 heteroatoms. The van der Waals surface area contributed by atoms with Gasteiger partial charge in [0.2, 0.25) is 0 Å². The van der Waals surface area contributed by atoms with E-state index in [1.807, 2.05) is 30.3 Å². The Morgan fingerprint density at radius 3 is 2.42 bits per heavy atom. The van der Waals surface area contributed by atoms with Gasteiger partial charge in [0.15, 0.2) is 0 Å². The van der Waals surface area contributed by atoms with Crippen LogP contribution in [0.3, 0.4) is 0 Å². The van der Waals surface area contributed by atoms with Crippen molar-refractivity contribution in [1.29, 1.82) is 0 Å². The Kier molecular flexibility index (Phi) is 6.25. The monoisotopic (exact) mass is 409 g/mol. The summed E-state index contributed by atoms with van der Waals surface area (Å²) in [5.74, 6) is 0.308. The average Bonchev–Trinajstić information content (AvgIpc) is 2.64. The summed E-state index contributed by atoms with van der Waals surface area (Å²) in [5, 5.41) is 4.32. The number of benzene rings is 3. The molecule has 0 fully saturated rings. The van der Waals surface area contributed by atoms with E-state index in [9.17, 15) is 4.39 Å². The number of nitrogens with one attached hydrogen (secondary N) is 1. The van der Waals surface area contributed by atoms with Crippen LogP contribution < -0.4 is 10.1 Å². The second-order valence-electron chi connectivity index (χ2n) is 5.67. The van der Waals surface area contributed by atoms with Gasteiger partial charge in [0.05, 0.1) is 15.1 Å². The number of hydrogen-bond donors (Lipinski definition) is 1. The standard InChI is InChI=1S/C20H15Cl3FNO/c21-17-6-4-14(9-18(17)22)12-26-16-3-1-2-13(8-16)11-25-15-5-7-20(24)19(23)10-15/h1-10,25H,11-12H2. The topological polar surface area (TPSA) is 21.3 Å². The molecular weight excluding hydrogens is 396 g/mol. The van der Waals surface area contributed by atoms with Crippen molar-refractivity contribution in [3.63, 3.8) is 0 Å². The summed E-state index contributed by atoms with van der Waals surface area (Å²) in [6, 6.07) is 17.7. The molecule has 0 aliphatic carbocycles. The highest BCUT2D eigenvalue weighted by atomic mass is 35.5. The van der Waals surface area contributed by atoms with E-state index in [0.29, 0.717) is 23.2 Å². The summed E-state index contributed by atoms with van der Waals surface area (Å²) in [6.45, 7) is 0.952. The molecule has 0 aromatic heterocycles. The van der Waals surface area contributed by atoms with Gasteiger partial charge in [-0.25, -0.2) is 4.39 Å². The summed E-state index contributed by atoms with van der Waals surface area (Å²) in [6.07, 6.45) is 0. The zero-order valence-electron chi connectivity index (χ0n) is 13.6. The maximum atomic E-state index is 13.2. The number of halogens is 4. The molecule has 0 unspecified atom stereocenters. The SMILES string of the molecule is Fc1ccc(NCc2cccc(OCc3ccc(Cl)c(Cl)c3)c2)cc1Cl. The van der Waals surface area contributed by atoms with Crippen molar-refractivity contribution in [2.45, 2.75) is 13.2 Å². The van der Waals surface area contributed by atoms with E-state index >= 15 is 0 Å². The summed E-state index contributed by atoms with van der Waals surface area (Å²) < 4.78 is 19.0. The number of ether oxygens (including phenoxy) is 1. The van der Waals surface area contributed by atoms with Crippen LogP contribution in [0.25, 0.3) is 0 Å². The lowest BCUT2D eigenvalue weighted by Crippen LogP contribution is -2.01. The predicted molar refractivity (Wildman–Crippen MR) is 106 cm³/mol. The predicted octanol–water partition coefficient (Wildman–Crippen LogP) is 6.98. The Balaban J connectivity index is 1.60. The van der Waals surface area contributed by atoms with Crippen LogP contribution >= 0.6 is 34.8 Å². The minimum Gasteiger partial charge on any atom is -0.489 e. The molecule has 0 aliphatic heterocycles. The van der Waals surface area contributed by atoms with E-state index in [1.165, 1.54) is 6.07 Å². The zero-order valence-corrected chi connectivity index (χ0v) is 15.9. The zero-order chi connectivity index (χ0) is 18.5. The van der Waals surface area contributed by atoms with E-state index in [1.54, 1.807) is 24.3 Å². The Morgan fingerprint density at radius 1 is 0.808 bits per heavy atom. The molecule has 0 heterocycles. The minimum absolute atomic E-state index is 0.0914. The highest BCUT2D eigenvalue weighted by molar-refractivity contribution is 6.42. The van der Waals surface area contributed by atoms with Crippen molar-refractivity contribution < 1.29 is 9.13 Å². The van der Waals surface area contributed by atoms with Crippen LogP contribution in [0.1, 0.15) is 11.1 Å². The maximum Gasteiger partial charge on any atom is 0.141 e. The van der Waals surface area contributed by atoms with E-state index in [0.717, 1.165) is 22.6 Å². The van der Waals surface area contributed by atoms with E-state index in [-0.39, 0.29) is 5.02 Å². The first kappa shape index (κ1) is 18.8. The van der Waals surface area contributed by atoms with Gasteiger partial charge in [0.1, 0.15) is 18.2 Å². The lowest BCUT2D eigenvalue weighted by Gasteiger charge is -2.10. The normalized spacial score (nSPS) is 10.6. The second-order valence-corrected chi connectivity index (χ2v) is 6.89. The van der Waals surface area contributed by atoms with Gasteiger partial charge in [-0.1, -0.05) is 53.0 Å². The molecule has 3 aromatic rings. The first-order chi connectivity index (χ1) is 12.5. The summed E-state index contributed by atoms with van der Waals surface area (Å²) in [4.78, 5) is 0. The third-order valence-corrected chi connectivity index (χ3v) is 4.73. The second kappa shape index (κ2) is 8.63. The average molecular weight is 411 g/mol. The molecule has 0 atom stereocenters. The Bertz CT molecular complexity index is 847. The fraction of sp³-hybridized carbons (Fsp3) is 0.100. The first-order valence-corrected chi connectivity index (χ1v) is 8.99. The van der Waals surface area contributed by atoms with Crippen LogP contribution in [0.4, 0.5) is 10.1 Å². The Labute approximate surface area is 166 Å². The van der Waals surface area contributed by atoms with Crippen LogP contribution in [-0.4, -0.2) is 0 Å². The van der Waals surface area contributed by atoms with E-state index < -0.39 is 5.82 Å². The molecule has 0 spiro atoms. The molecule has 2 nitrogen and oxygen atoms in total. The smallest absolute Gasteiger partial charge is 0.141 e. The Morgan fingerprint density at radius 2 is 1.65 bits per heavy atom. The molecule has 3 aromatic carbocycles. The van der Waals surface area contributed by atoms with E-state index in [4.69, 9.17) is 39.5 Å². The van der Waals surface area contributed by atoms with Gasteiger partial charge in [0, 0.05) is 12.2 Å². The van der Waals surface area contributed by atoms with Gasteiger partial charge in [-0.05, 0) is 53.6 Å². The molecule has 1 N–H and O–H groups in total. The molecule has 0 bridgehead atoms. The van der Waals surface area contributed by atoms with Crippen molar-refractivity contribution >= 4 is 40.5 Å². The summed E-state index contributed by atoms with van der Waals surface area (Å²) >= 11 is 17.7. The van der Waals surface area contributed by atoms with Crippen molar-refractivity contribution in [1.82, 2.24) is 0 Å². The lowest BCUT2D eigenvalue weighted by molar-refractivity contribution is 0.306. The highest BCUT2D eigenvalue weighted by Crippen LogP contribution is 2.24. The number of hydrogen-bond acceptors (Lipinski definition) is 2. The molecule has 0 amide bonds. The fourth-order valence-corrected chi connectivity index (χ4v) is 2.85. The number of rotatable bonds is 6. The lowest BCUT2D eigenvalue weighted by atomic mass is 10.2. The molecular formula is C20H15Cl3FNO. The van der Waals surface area contributed by atoms with E-state index in [2.05, 4.69) is 5.32 Å². The summed E-state index contributed by atoms with van der Waals surface area (Å²) in [5.41, 5.74) is 2.71. The van der Waals surface area contributed by atoms with Crippen LogP contribution in [0, 0.1) is 5.82 Å². The largest absolute Gasteiger partial charge is 0.489 e. The van der Waals surface area contributed by atoms with Crippen LogP contribution in [-0.2, 0) is 13.2 Å². The van der Waals surface area contributed by atoms with Gasteiger partial charge in [-0.3, -0.25) is 0 Å². The molecule has 26 heavy (non-hydrogen) atoms. The van der Waals surface area contributed by atoms with Crippen molar-refractivity contribution in [3.05, 3.63) is 92.7 Å². The third kappa shape index (κ3) is 5.04. The van der Waals surface area contributed by atoms with Gasteiger partial charge < -0.3 is 10.1 Å². The van der Waals surface area contributed by atoms with Gasteiger partial charge in [0.25, 0.3) is 0 Å². The fourth-order valence-electron chi connectivity index (χ4n) is 2.35. The summed E-state index contributed by atoms with van der Waals surface area (Å²) in [7, 11) is 0. The van der Waals surface area contributed by atoms with Crippen molar-refractivity contribution in [2.24, 2.45) is 0 Å². The van der Waals surface area contributed by atoms with Crippen molar-refractivity contribution in [2.75, 3.05) is 5.32 Å². The number of anilines is 1. The molecule has 134 valence electrons. The third-order valence-electron chi connectivity index (χ3n) is 3.70. The molecule has 0 saturated carbocycles. The van der Waals surface area contributed by atoms with Crippen LogP contribution in [0.2, 0.25) is 15.1 Å². The quantitative estimate of drug-likeness (QED) is 0.473. The Hall–Kier alpha value is -1.94. The van der Waals surface area contributed by atoms with Gasteiger partial charge >= 0.3 is 0 Å². The highest BCUT2D eigenvalue weighted by Gasteiger charge is 2.03. The molecule has 0 radical (unpaired) electrons. The van der Waals surface area contributed by atoms with Gasteiger partial charge in [-0.15, -0.1) is 0 Å². The maximum absolute atomic E-state index is 13.2. The first-order valence-electron chi connectivity index (χ1n) is 7.86.